The molecule has 1 amide bonds. The Morgan fingerprint density at radius 3 is 2.46 bits per heavy atom. The number of hydrogen-bond acceptors (Lipinski definition) is 7. The molecule has 1 aromatic carbocycles. The Labute approximate surface area is 149 Å². The van der Waals surface area contributed by atoms with Crippen LogP contribution < -0.4 is 21.3 Å². The number of phenols is 1. The lowest BCUT2D eigenvalue weighted by Gasteiger charge is -2.18. The number of rotatable bonds is 10. The third-order valence-electron chi connectivity index (χ3n) is 3.34. The van der Waals surface area contributed by atoms with E-state index in [1.54, 1.807) is 0 Å². The lowest BCUT2D eigenvalue weighted by molar-refractivity contribution is -0.142. The molecule has 0 aliphatic rings. The highest BCUT2D eigenvalue weighted by atomic mass is 31.2. The molecule has 2 unspecified atom stereocenters. The normalized spacial score (nSPS) is 13.7. The maximum atomic E-state index is 12.0. The first-order chi connectivity index (χ1) is 12.0. The van der Waals surface area contributed by atoms with Crippen molar-refractivity contribution in [2.75, 3.05) is 6.54 Å². The maximum absolute atomic E-state index is 12.0. The van der Waals surface area contributed by atoms with Crippen LogP contribution >= 0.6 is 7.82 Å². The summed E-state index contributed by atoms with van der Waals surface area (Å²) in [5.41, 5.74) is 11.5. The summed E-state index contributed by atoms with van der Waals surface area (Å²) in [7, 11) is -4.82. The van der Waals surface area contributed by atoms with Crippen LogP contribution in [0, 0.1) is 0 Å². The predicted octanol–water partition coefficient (Wildman–Crippen LogP) is -0.958. The van der Waals surface area contributed by atoms with Gasteiger partial charge in [-0.2, -0.15) is 0 Å². The van der Waals surface area contributed by atoms with Gasteiger partial charge in [0.2, 0.25) is 5.91 Å². The minimum Gasteiger partial charge on any atom is -0.504 e. The smallest absolute Gasteiger partial charge is 0.504 e. The second kappa shape index (κ2) is 9.51. The first-order valence-corrected chi connectivity index (χ1v) is 9.12. The van der Waals surface area contributed by atoms with E-state index in [-0.39, 0.29) is 19.4 Å². The Bertz CT molecular complexity index is 693. The first kappa shape index (κ1) is 21.9. The number of carboxylic acid groups (broad SMARTS) is 1. The maximum Gasteiger partial charge on any atom is 0.524 e. The van der Waals surface area contributed by atoms with Crippen LogP contribution in [0.4, 0.5) is 0 Å². The van der Waals surface area contributed by atoms with Gasteiger partial charge in [-0.3, -0.25) is 14.6 Å². The number of hydrogen-bond donors (Lipinski definition) is 7. The summed E-state index contributed by atoms with van der Waals surface area (Å²) in [6.45, 7) is 0.286. The number of carbonyl (C=O) groups is 2. The highest BCUT2D eigenvalue weighted by Crippen LogP contribution is 2.41. The molecule has 1 aromatic rings. The fraction of sp³-hybridized carbons (Fsp3) is 0.429. The largest absolute Gasteiger partial charge is 0.524 e. The summed E-state index contributed by atoms with van der Waals surface area (Å²) in [6, 6.07) is 1.42. The summed E-state index contributed by atoms with van der Waals surface area (Å²) in [6.07, 6.45) is 0.541. The van der Waals surface area contributed by atoms with Gasteiger partial charge in [0, 0.05) is 0 Å². The van der Waals surface area contributed by atoms with Gasteiger partial charge in [0.15, 0.2) is 11.5 Å². The van der Waals surface area contributed by atoms with Crippen molar-refractivity contribution in [3.8, 4) is 11.5 Å². The van der Waals surface area contributed by atoms with Gasteiger partial charge >= 0.3 is 13.8 Å². The molecule has 0 saturated heterocycles. The minimum atomic E-state index is -4.82. The van der Waals surface area contributed by atoms with Crippen molar-refractivity contribution in [3.63, 3.8) is 0 Å². The van der Waals surface area contributed by atoms with Crippen molar-refractivity contribution in [2.24, 2.45) is 11.5 Å². The number of carboxylic acids is 1. The van der Waals surface area contributed by atoms with Crippen LogP contribution in [-0.4, -0.2) is 50.5 Å². The molecule has 1 rings (SSSR count). The number of benzene rings is 1. The molecule has 0 bridgehead atoms. The van der Waals surface area contributed by atoms with Crippen molar-refractivity contribution in [2.45, 2.75) is 31.3 Å². The number of phosphoric ester groups is 1. The molecule has 0 aromatic heterocycles. The Hall–Kier alpha value is -2.17. The number of phenolic OH excluding ortho intramolecular Hbond substituents is 1. The highest BCUT2D eigenvalue weighted by molar-refractivity contribution is 7.46. The number of aromatic hydroxyl groups is 1. The van der Waals surface area contributed by atoms with Crippen molar-refractivity contribution in [1.29, 1.82) is 0 Å². The number of carbonyl (C=O) groups excluding carboxylic acids is 1. The molecule has 0 heterocycles. The molecular formula is C14H22N3O8P. The van der Waals surface area contributed by atoms with Crippen LogP contribution in [-0.2, 0) is 20.6 Å². The molecule has 11 nitrogen and oxygen atoms in total. The molecule has 0 fully saturated rings. The topological polar surface area (TPSA) is 205 Å². The van der Waals surface area contributed by atoms with E-state index in [0.29, 0.717) is 12.0 Å². The Balaban J connectivity index is 2.72. The molecule has 12 heteroatoms. The van der Waals surface area contributed by atoms with Crippen LogP contribution in [0.1, 0.15) is 18.4 Å². The molecule has 0 aliphatic carbocycles. The van der Waals surface area contributed by atoms with Crippen LogP contribution in [0.15, 0.2) is 18.2 Å². The summed E-state index contributed by atoms with van der Waals surface area (Å²) in [4.78, 5) is 40.6. The third kappa shape index (κ3) is 7.38. The summed E-state index contributed by atoms with van der Waals surface area (Å²) >= 11 is 0. The SMILES string of the molecule is NCCCC(NC(=O)C(N)Cc1ccc(OP(=O)(O)O)c(O)c1)C(=O)O. The fourth-order valence-corrected chi connectivity index (χ4v) is 2.51. The average Bonchev–Trinajstić information content (AvgIpc) is 2.52. The molecule has 26 heavy (non-hydrogen) atoms. The number of phosphoric acid groups is 1. The van der Waals surface area contributed by atoms with E-state index in [2.05, 4.69) is 9.84 Å². The van der Waals surface area contributed by atoms with Gasteiger partial charge in [-0.25, -0.2) is 9.36 Å². The summed E-state index contributed by atoms with van der Waals surface area (Å²) < 4.78 is 15.1. The van der Waals surface area contributed by atoms with Gasteiger partial charge in [-0.15, -0.1) is 0 Å². The molecule has 0 saturated carbocycles. The van der Waals surface area contributed by atoms with Crippen molar-refractivity contribution < 1.29 is 38.7 Å². The monoisotopic (exact) mass is 391 g/mol. The second-order valence-electron chi connectivity index (χ2n) is 5.52. The van der Waals surface area contributed by atoms with Gasteiger partial charge < -0.3 is 31.5 Å². The van der Waals surface area contributed by atoms with Gasteiger partial charge in [-0.05, 0) is 43.5 Å². The van der Waals surface area contributed by atoms with E-state index in [0.717, 1.165) is 12.1 Å². The van der Waals surface area contributed by atoms with Gasteiger partial charge in [0.1, 0.15) is 6.04 Å². The van der Waals surface area contributed by atoms with Crippen LogP contribution in [0.5, 0.6) is 11.5 Å². The van der Waals surface area contributed by atoms with Crippen LogP contribution in [0.2, 0.25) is 0 Å². The van der Waals surface area contributed by atoms with E-state index >= 15 is 0 Å². The molecule has 0 spiro atoms. The number of nitrogens with one attached hydrogen (secondary N) is 1. The molecule has 2 atom stereocenters. The Morgan fingerprint density at radius 1 is 1.31 bits per heavy atom. The minimum absolute atomic E-state index is 0.0428. The van der Waals surface area contributed by atoms with E-state index in [1.165, 1.54) is 6.07 Å². The first-order valence-electron chi connectivity index (χ1n) is 7.59. The van der Waals surface area contributed by atoms with Gasteiger partial charge in [-0.1, -0.05) is 6.07 Å². The van der Waals surface area contributed by atoms with Gasteiger partial charge in [0.25, 0.3) is 0 Å². The highest BCUT2D eigenvalue weighted by Gasteiger charge is 2.24. The van der Waals surface area contributed by atoms with Gasteiger partial charge in [0.05, 0.1) is 6.04 Å². The average molecular weight is 391 g/mol. The van der Waals surface area contributed by atoms with Crippen LogP contribution in [0.25, 0.3) is 0 Å². The van der Waals surface area contributed by atoms with E-state index < -0.39 is 43.3 Å². The van der Waals surface area contributed by atoms with Crippen molar-refractivity contribution >= 4 is 19.7 Å². The standard InChI is InChI=1S/C14H22N3O8P/c15-5-1-2-10(14(20)21)17-13(19)9(16)6-8-3-4-12(11(18)7-8)25-26(22,23)24/h3-4,7,9-10,18H,1-2,5-6,15-16H2,(H,17,19)(H,20,21)(H2,22,23,24). The Morgan fingerprint density at radius 2 is 1.96 bits per heavy atom. The molecule has 0 radical (unpaired) electrons. The van der Waals surface area contributed by atoms with E-state index in [1.807, 2.05) is 0 Å². The summed E-state index contributed by atoms with van der Waals surface area (Å²) in [5.74, 6) is -2.85. The third-order valence-corrected chi connectivity index (χ3v) is 3.78. The van der Waals surface area contributed by atoms with E-state index in [4.69, 9.17) is 26.4 Å². The Kier molecular flexibility index (Phi) is 8.00. The fourth-order valence-electron chi connectivity index (χ4n) is 2.10. The quantitative estimate of drug-likeness (QED) is 0.243. The van der Waals surface area contributed by atoms with Crippen molar-refractivity contribution in [3.05, 3.63) is 23.8 Å². The summed E-state index contributed by atoms with van der Waals surface area (Å²) in [5, 5.41) is 21.1. The zero-order valence-corrected chi connectivity index (χ0v) is 14.6. The lowest BCUT2D eigenvalue weighted by Crippen LogP contribution is -2.49. The van der Waals surface area contributed by atoms with Crippen LogP contribution in [0.3, 0.4) is 0 Å². The number of amides is 1. The molecule has 0 aliphatic heterocycles. The second-order valence-corrected chi connectivity index (χ2v) is 6.69. The van der Waals surface area contributed by atoms with E-state index in [9.17, 15) is 19.3 Å². The number of aliphatic carboxylic acids is 1. The van der Waals surface area contributed by atoms with Crippen molar-refractivity contribution in [1.82, 2.24) is 5.32 Å². The zero-order chi connectivity index (χ0) is 19.9. The zero-order valence-electron chi connectivity index (χ0n) is 13.7. The lowest BCUT2D eigenvalue weighted by atomic mass is 10.0. The molecule has 9 N–H and O–H groups in total. The number of nitrogens with two attached hydrogens (primary N) is 2. The molecule has 146 valence electrons. The predicted molar refractivity (Wildman–Crippen MR) is 90.3 cm³/mol. The molecular weight excluding hydrogens is 369 g/mol.